The molecule has 0 spiro atoms. The van der Waals surface area contributed by atoms with Crippen LogP contribution < -0.4 is 4.90 Å². The Morgan fingerprint density at radius 1 is 1.10 bits per heavy atom. The van der Waals surface area contributed by atoms with Gasteiger partial charge in [0, 0.05) is 18.8 Å². The van der Waals surface area contributed by atoms with Gasteiger partial charge in [0.05, 0.1) is 11.7 Å². The van der Waals surface area contributed by atoms with Gasteiger partial charge in [-0.05, 0) is 43.5 Å². The molecule has 2 rings (SSSR count). The zero-order valence-corrected chi connectivity index (χ0v) is 12.2. The zero-order valence-electron chi connectivity index (χ0n) is 12.2. The monoisotopic (exact) mass is 289 g/mol. The third-order valence-electron chi connectivity index (χ3n) is 3.22. The summed E-state index contributed by atoms with van der Waals surface area (Å²) in [5.41, 5.74) is 0.587. The predicted molar refractivity (Wildman–Crippen MR) is 75.0 cm³/mol. The number of aryl methyl sites for hydroxylation is 1. The van der Waals surface area contributed by atoms with Crippen LogP contribution in [0.3, 0.4) is 0 Å². The van der Waals surface area contributed by atoms with Crippen LogP contribution in [0.4, 0.5) is 18.9 Å². The van der Waals surface area contributed by atoms with E-state index >= 15 is 0 Å². The highest BCUT2D eigenvalue weighted by Crippen LogP contribution is 2.33. The largest absolute Gasteiger partial charge is 0.416 e. The number of hydrogen-bond acceptors (Lipinski definition) is 2. The number of halogens is 3. The first-order valence-corrected chi connectivity index (χ1v) is 6.98. The zero-order chi connectivity index (χ0) is 15.3. The average molecular weight is 289 g/mol. The standard InChI is InChI=1S/C13H16F3NO.C2H6/c1-9-6-10(13(14,15)16)8-11(7-9)17-4-2-12(18)3-5-17;1-2/h6-8,12,18H,2-5H2,1H3;1-2H3. The van der Waals surface area contributed by atoms with Gasteiger partial charge in [0.2, 0.25) is 0 Å². The molecule has 0 radical (unpaired) electrons. The minimum absolute atomic E-state index is 0.326. The molecule has 20 heavy (non-hydrogen) atoms. The Kier molecular flexibility index (Phi) is 5.87. The molecule has 1 N–H and O–H groups in total. The van der Waals surface area contributed by atoms with Crippen LogP contribution in [0, 0.1) is 6.92 Å². The van der Waals surface area contributed by atoms with Crippen molar-refractivity contribution in [3.63, 3.8) is 0 Å². The van der Waals surface area contributed by atoms with Crippen molar-refractivity contribution in [1.29, 1.82) is 0 Å². The molecule has 2 nitrogen and oxygen atoms in total. The Balaban J connectivity index is 0.000000956. The summed E-state index contributed by atoms with van der Waals surface area (Å²) in [5, 5.41) is 9.41. The fourth-order valence-electron chi connectivity index (χ4n) is 2.23. The van der Waals surface area contributed by atoms with Gasteiger partial charge in [-0.1, -0.05) is 13.8 Å². The minimum atomic E-state index is -4.31. The lowest BCUT2D eigenvalue weighted by molar-refractivity contribution is -0.137. The van der Waals surface area contributed by atoms with Crippen LogP contribution in [-0.2, 0) is 6.18 Å². The summed E-state index contributed by atoms with van der Waals surface area (Å²) < 4.78 is 38.2. The Morgan fingerprint density at radius 3 is 2.15 bits per heavy atom. The number of alkyl halides is 3. The molecule has 1 saturated heterocycles. The Labute approximate surface area is 118 Å². The first kappa shape index (κ1) is 16.8. The van der Waals surface area contributed by atoms with Gasteiger partial charge in [0.15, 0.2) is 0 Å². The number of aliphatic hydroxyl groups excluding tert-OH is 1. The summed E-state index contributed by atoms with van der Waals surface area (Å²) in [7, 11) is 0. The molecule has 114 valence electrons. The van der Waals surface area contributed by atoms with Gasteiger partial charge in [-0.3, -0.25) is 0 Å². The fraction of sp³-hybridized carbons (Fsp3) is 0.600. The Hall–Kier alpha value is -1.23. The lowest BCUT2D eigenvalue weighted by Crippen LogP contribution is -2.35. The molecular formula is C15H22F3NO. The van der Waals surface area contributed by atoms with E-state index in [2.05, 4.69) is 0 Å². The summed E-state index contributed by atoms with van der Waals surface area (Å²) in [5.74, 6) is 0. The van der Waals surface area contributed by atoms with Crippen molar-refractivity contribution in [2.75, 3.05) is 18.0 Å². The highest BCUT2D eigenvalue weighted by atomic mass is 19.4. The molecular weight excluding hydrogens is 267 g/mol. The molecule has 0 atom stereocenters. The number of nitrogens with zero attached hydrogens (tertiary/aromatic N) is 1. The van der Waals surface area contributed by atoms with E-state index in [-0.39, 0.29) is 6.10 Å². The number of aliphatic hydroxyl groups is 1. The molecule has 1 aromatic carbocycles. The van der Waals surface area contributed by atoms with E-state index in [0.29, 0.717) is 37.2 Å². The van der Waals surface area contributed by atoms with Gasteiger partial charge in [0.1, 0.15) is 0 Å². The summed E-state index contributed by atoms with van der Waals surface area (Å²) in [6.45, 7) is 6.86. The van der Waals surface area contributed by atoms with Crippen molar-refractivity contribution in [3.05, 3.63) is 29.3 Å². The van der Waals surface area contributed by atoms with Crippen LogP contribution >= 0.6 is 0 Å². The first-order chi connectivity index (χ1) is 9.36. The molecule has 0 saturated carbocycles. The number of rotatable bonds is 1. The molecule has 0 aromatic heterocycles. The first-order valence-electron chi connectivity index (χ1n) is 6.98. The quantitative estimate of drug-likeness (QED) is 0.844. The van der Waals surface area contributed by atoms with Crippen LogP contribution in [0.25, 0.3) is 0 Å². The molecule has 1 fully saturated rings. The fourth-order valence-corrected chi connectivity index (χ4v) is 2.23. The van der Waals surface area contributed by atoms with Gasteiger partial charge < -0.3 is 10.0 Å². The summed E-state index contributed by atoms with van der Waals surface area (Å²) >= 11 is 0. The molecule has 0 bridgehead atoms. The Bertz CT molecular complexity index is 424. The third kappa shape index (κ3) is 4.40. The molecule has 0 amide bonds. The molecule has 0 aliphatic carbocycles. The van der Waals surface area contributed by atoms with E-state index in [1.807, 2.05) is 18.7 Å². The lowest BCUT2D eigenvalue weighted by Gasteiger charge is -2.32. The number of benzene rings is 1. The predicted octanol–water partition coefficient (Wildman–Crippen LogP) is 4.00. The highest BCUT2D eigenvalue weighted by Gasteiger charge is 2.31. The van der Waals surface area contributed by atoms with Crippen molar-refractivity contribution in [2.24, 2.45) is 0 Å². The van der Waals surface area contributed by atoms with E-state index in [1.165, 1.54) is 6.07 Å². The van der Waals surface area contributed by atoms with Crippen LogP contribution in [0.2, 0.25) is 0 Å². The van der Waals surface area contributed by atoms with Gasteiger partial charge in [0.25, 0.3) is 0 Å². The highest BCUT2D eigenvalue weighted by molar-refractivity contribution is 5.52. The Morgan fingerprint density at radius 2 is 1.65 bits per heavy atom. The summed E-state index contributed by atoms with van der Waals surface area (Å²) in [6.07, 6.45) is -3.42. The van der Waals surface area contributed by atoms with Crippen molar-refractivity contribution >= 4 is 5.69 Å². The SMILES string of the molecule is CC.Cc1cc(N2CCC(O)CC2)cc(C(F)(F)F)c1. The van der Waals surface area contributed by atoms with Crippen LogP contribution in [-0.4, -0.2) is 24.3 Å². The molecule has 0 unspecified atom stereocenters. The average Bonchev–Trinajstić information content (AvgIpc) is 2.40. The van der Waals surface area contributed by atoms with E-state index in [4.69, 9.17) is 0 Å². The van der Waals surface area contributed by atoms with E-state index in [9.17, 15) is 18.3 Å². The van der Waals surface area contributed by atoms with Crippen LogP contribution in [0.15, 0.2) is 18.2 Å². The van der Waals surface area contributed by atoms with Crippen LogP contribution in [0.1, 0.15) is 37.8 Å². The number of piperidine rings is 1. The van der Waals surface area contributed by atoms with E-state index < -0.39 is 11.7 Å². The smallest absolute Gasteiger partial charge is 0.393 e. The third-order valence-corrected chi connectivity index (χ3v) is 3.22. The van der Waals surface area contributed by atoms with Crippen molar-refractivity contribution in [2.45, 2.75) is 45.9 Å². The van der Waals surface area contributed by atoms with E-state index in [1.54, 1.807) is 13.0 Å². The van der Waals surface area contributed by atoms with Gasteiger partial charge in [-0.25, -0.2) is 0 Å². The van der Waals surface area contributed by atoms with Crippen molar-refractivity contribution in [1.82, 2.24) is 0 Å². The van der Waals surface area contributed by atoms with Crippen molar-refractivity contribution in [3.8, 4) is 0 Å². The maximum Gasteiger partial charge on any atom is 0.416 e. The van der Waals surface area contributed by atoms with Crippen LogP contribution in [0.5, 0.6) is 0 Å². The molecule has 5 heteroatoms. The molecule has 1 aliphatic rings. The molecule has 1 aromatic rings. The number of anilines is 1. The molecule has 1 aliphatic heterocycles. The van der Waals surface area contributed by atoms with Crippen molar-refractivity contribution < 1.29 is 18.3 Å². The molecule has 1 heterocycles. The second-order valence-corrected chi connectivity index (χ2v) is 4.77. The maximum absolute atomic E-state index is 12.7. The normalized spacial score (nSPS) is 16.6. The second kappa shape index (κ2) is 6.97. The maximum atomic E-state index is 12.7. The minimum Gasteiger partial charge on any atom is -0.393 e. The van der Waals surface area contributed by atoms with E-state index in [0.717, 1.165) is 6.07 Å². The van der Waals surface area contributed by atoms with Gasteiger partial charge in [-0.2, -0.15) is 13.2 Å². The summed E-state index contributed by atoms with van der Waals surface area (Å²) in [6, 6.07) is 4.10. The second-order valence-electron chi connectivity index (χ2n) is 4.77. The lowest BCUT2D eigenvalue weighted by atomic mass is 10.0. The van der Waals surface area contributed by atoms with Gasteiger partial charge in [-0.15, -0.1) is 0 Å². The topological polar surface area (TPSA) is 23.5 Å². The summed E-state index contributed by atoms with van der Waals surface area (Å²) in [4.78, 5) is 1.90. The number of hydrogen-bond donors (Lipinski definition) is 1. The van der Waals surface area contributed by atoms with Gasteiger partial charge >= 0.3 is 6.18 Å².